The highest BCUT2D eigenvalue weighted by atomic mass is 35.5. The number of nitrogens with zero attached hydrogens (tertiary/aromatic N) is 2. The van der Waals surface area contributed by atoms with Crippen molar-refractivity contribution in [3.05, 3.63) is 53.1 Å². The summed E-state index contributed by atoms with van der Waals surface area (Å²) >= 11 is 6.39. The molecule has 1 fully saturated rings. The monoisotopic (exact) mass is 386 g/mol. The largest absolute Gasteiger partial charge is 0.370 e. The maximum atomic E-state index is 13.2. The Hall–Kier alpha value is -2.60. The summed E-state index contributed by atoms with van der Waals surface area (Å²) < 4.78 is 13.2. The van der Waals surface area contributed by atoms with E-state index in [-0.39, 0.29) is 18.1 Å². The van der Waals surface area contributed by atoms with E-state index in [2.05, 4.69) is 20.2 Å². The van der Waals surface area contributed by atoms with Gasteiger partial charge in [0.1, 0.15) is 11.6 Å². The molecule has 2 N–H and O–H groups in total. The second-order valence-corrected chi connectivity index (χ2v) is 7.16. The van der Waals surface area contributed by atoms with E-state index in [1.165, 1.54) is 25.0 Å². The molecule has 1 aromatic heterocycles. The number of anilines is 2. The van der Waals surface area contributed by atoms with Crippen LogP contribution in [0.4, 0.5) is 15.8 Å². The Labute approximate surface area is 161 Å². The topological polar surface area (TPSA) is 61.0 Å². The molecular weight excluding hydrogens is 367 g/mol. The first kappa shape index (κ1) is 17.8. The highest BCUT2D eigenvalue weighted by Gasteiger charge is 2.16. The Morgan fingerprint density at radius 1 is 1.22 bits per heavy atom. The second kappa shape index (κ2) is 7.56. The molecule has 0 saturated carbocycles. The van der Waals surface area contributed by atoms with Gasteiger partial charge in [-0.15, -0.1) is 0 Å². The summed E-state index contributed by atoms with van der Waals surface area (Å²) in [7, 11) is 0. The van der Waals surface area contributed by atoms with Crippen LogP contribution in [0.3, 0.4) is 0 Å². The molecule has 0 aliphatic carbocycles. The number of carbonyl (C=O) groups excluding carboxylic acids is 1. The minimum absolute atomic E-state index is 0.119. The normalized spacial score (nSPS) is 14.1. The van der Waals surface area contributed by atoms with Gasteiger partial charge in [0.15, 0.2) is 0 Å². The number of H-pyrrole nitrogens is 1. The maximum absolute atomic E-state index is 13.2. The van der Waals surface area contributed by atoms with Crippen LogP contribution in [-0.4, -0.2) is 29.0 Å². The SMILES string of the molecule is O=C(CCc1nc2ccc(F)cc2[nH]1)Nc1ccc(N2CCCC2)c(Cl)c1. The molecule has 1 aliphatic rings. The molecule has 0 atom stereocenters. The molecule has 0 radical (unpaired) electrons. The van der Waals surface area contributed by atoms with E-state index in [1.807, 2.05) is 12.1 Å². The number of carbonyl (C=O) groups is 1. The molecule has 1 amide bonds. The molecule has 2 aromatic carbocycles. The van der Waals surface area contributed by atoms with Gasteiger partial charge in [-0.25, -0.2) is 9.37 Å². The third-order valence-electron chi connectivity index (χ3n) is 4.76. The number of aromatic nitrogens is 2. The summed E-state index contributed by atoms with van der Waals surface area (Å²) in [5.41, 5.74) is 3.02. The van der Waals surface area contributed by atoms with E-state index >= 15 is 0 Å². The lowest BCUT2D eigenvalue weighted by Crippen LogP contribution is -2.18. The summed E-state index contributed by atoms with van der Waals surface area (Å²) in [6.45, 7) is 2.04. The highest BCUT2D eigenvalue weighted by molar-refractivity contribution is 6.33. The van der Waals surface area contributed by atoms with Crippen LogP contribution in [0.15, 0.2) is 36.4 Å². The fourth-order valence-corrected chi connectivity index (χ4v) is 3.71. The maximum Gasteiger partial charge on any atom is 0.224 e. The van der Waals surface area contributed by atoms with E-state index in [0.29, 0.717) is 34.0 Å². The van der Waals surface area contributed by atoms with Crippen LogP contribution in [0.2, 0.25) is 5.02 Å². The highest BCUT2D eigenvalue weighted by Crippen LogP contribution is 2.31. The number of hydrogen-bond donors (Lipinski definition) is 2. The van der Waals surface area contributed by atoms with Gasteiger partial charge in [-0.1, -0.05) is 11.6 Å². The van der Waals surface area contributed by atoms with E-state index < -0.39 is 0 Å². The summed E-state index contributed by atoms with van der Waals surface area (Å²) in [5.74, 6) is 0.226. The van der Waals surface area contributed by atoms with E-state index in [9.17, 15) is 9.18 Å². The average molecular weight is 387 g/mol. The van der Waals surface area contributed by atoms with E-state index in [1.54, 1.807) is 12.1 Å². The van der Waals surface area contributed by atoms with Crippen molar-refractivity contribution in [2.24, 2.45) is 0 Å². The third kappa shape index (κ3) is 4.06. The van der Waals surface area contributed by atoms with Crippen LogP contribution < -0.4 is 10.2 Å². The number of benzene rings is 2. The zero-order chi connectivity index (χ0) is 18.8. The number of nitrogens with one attached hydrogen (secondary N) is 2. The fourth-order valence-electron chi connectivity index (χ4n) is 3.41. The molecule has 3 aromatic rings. The van der Waals surface area contributed by atoms with Crippen LogP contribution in [0.25, 0.3) is 11.0 Å². The minimum atomic E-state index is -0.315. The number of halogens is 2. The molecule has 5 nitrogen and oxygen atoms in total. The third-order valence-corrected chi connectivity index (χ3v) is 5.06. The molecule has 0 spiro atoms. The Morgan fingerprint density at radius 3 is 2.81 bits per heavy atom. The molecular formula is C20H20ClFN4O. The molecule has 140 valence electrons. The Bertz CT molecular complexity index is 981. The predicted molar refractivity (Wildman–Crippen MR) is 106 cm³/mol. The number of hydrogen-bond acceptors (Lipinski definition) is 3. The Morgan fingerprint density at radius 2 is 2.04 bits per heavy atom. The molecule has 4 rings (SSSR count). The number of imidazole rings is 1. The molecule has 0 bridgehead atoms. The molecule has 27 heavy (non-hydrogen) atoms. The van der Waals surface area contributed by atoms with Crippen LogP contribution in [0, 0.1) is 5.82 Å². The van der Waals surface area contributed by atoms with E-state index in [4.69, 9.17) is 11.6 Å². The van der Waals surface area contributed by atoms with Gasteiger partial charge in [-0.05, 0) is 49.2 Å². The van der Waals surface area contributed by atoms with Gasteiger partial charge in [-0.3, -0.25) is 4.79 Å². The lowest BCUT2D eigenvalue weighted by molar-refractivity contribution is -0.116. The number of aromatic amines is 1. The lowest BCUT2D eigenvalue weighted by atomic mass is 10.2. The number of fused-ring (bicyclic) bond motifs is 1. The molecule has 7 heteroatoms. The minimum Gasteiger partial charge on any atom is -0.370 e. The van der Waals surface area contributed by atoms with Crippen molar-refractivity contribution >= 4 is 39.9 Å². The van der Waals surface area contributed by atoms with Gasteiger partial charge >= 0.3 is 0 Å². The first-order valence-corrected chi connectivity index (χ1v) is 9.45. The quantitative estimate of drug-likeness (QED) is 0.677. The van der Waals surface area contributed by atoms with Crippen molar-refractivity contribution in [1.82, 2.24) is 9.97 Å². The summed E-state index contributed by atoms with van der Waals surface area (Å²) in [5, 5.41) is 3.52. The van der Waals surface area contributed by atoms with Crippen molar-refractivity contribution in [1.29, 1.82) is 0 Å². The molecule has 1 saturated heterocycles. The summed E-state index contributed by atoms with van der Waals surface area (Å²) in [6, 6.07) is 10.0. The summed E-state index contributed by atoms with van der Waals surface area (Å²) in [6.07, 6.45) is 3.09. The smallest absolute Gasteiger partial charge is 0.224 e. The first-order valence-electron chi connectivity index (χ1n) is 9.07. The van der Waals surface area contributed by atoms with Crippen molar-refractivity contribution in [3.8, 4) is 0 Å². The van der Waals surface area contributed by atoms with Crippen molar-refractivity contribution < 1.29 is 9.18 Å². The second-order valence-electron chi connectivity index (χ2n) is 6.75. The van der Waals surface area contributed by atoms with Gasteiger partial charge in [0.25, 0.3) is 0 Å². The number of amides is 1. The number of rotatable bonds is 5. The van der Waals surface area contributed by atoms with E-state index in [0.717, 1.165) is 18.8 Å². The van der Waals surface area contributed by atoms with Crippen molar-refractivity contribution in [2.45, 2.75) is 25.7 Å². The standard InChI is InChI=1S/C20H20ClFN4O/c21-15-12-14(4-6-18(15)26-9-1-2-10-26)23-20(27)8-7-19-24-16-5-3-13(22)11-17(16)25-19/h3-6,11-12H,1-2,7-10H2,(H,23,27)(H,24,25). The fraction of sp³-hybridized carbons (Fsp3) is 0.300. The van der Waals surface area contributed by atoms with Gasteiger partial charge in [0.05, 0.1) is 21.7 Å². The van der Waals surface area contributed by atoms with Crippen molar-refractivity contribution in [3.63, 3.8) is 0 Å². The molecule has 0 unspecified atom stereocenters. The lowest BCUT2D eigenvalue weighted by Gasteiger charge is -2.19. The number of aryl methyl sites for hydroxylation is 1. The van der Waals surface area contributed by atoms with Crippen LogP contribution in [0.1, 0.15) is 25.1 Å². The van der Waals surface area contributed by atoms with Crippen molar-refractivity contribution in [2.75, 3.05) is 23.3 Å². The van der Waals surface area contributed by atoms with Crippen LogP contribution in [0.5, 0.6) is 0 Å². The zero-order valence-corrected chi connectivity index (χ0v) is 15.5. The molecule has 1 aliphatic heterocycles. The Kier molecular flexibility index (Phi) is 4.99. The van der Waals surface area contributed by atoms with Crippen LogP contribution >= 0.6 is 11.6 Å². The van der Waals surface area contributed by atoms with Gasteiger partial charge in [0, 0.05) is 31.6 Å². The zero-order valence-electron chi connectivity index (χ0n) is 14.8. The van der Waals surface area contributed by atoms with Gasteiger partial charge in [0.2, 0.25) is 5.91 Å². The van der Waals surface area contributed by atoms with Gasteiger partial charge in [-0.2, -0.15) is 0 Å². The van der Waals surface area contributed by atoms with Gasteiger partial charge < -0.3 is 15.2 Å². The Balaban J connectivity index is 1.36. The average Bonchev–Trinajstić information content (AvgIpc) is 3.29. The molecule has 2 heterocycles. The first-order chi connectivity index (χ1) is 13.1. The van der Waals surface area contributed by atoms with Crippen LogP contribution in [-0.2, 0) is 11.2 Å². The summed E-state index contributed by atoms with van der Waals surface area (Å²) in [4.78, 5) is 21.9. The predicted octanol–water partition coefficient (Wildman–Crippen LogP) is 4.53.